The summed E-state index contributed by atoms with van der Waals surface area (Å²) in [4.78, 5) is 4.65. The molecule has 112 valence electrons. The molecule has 2 nitrogen and oxygen atoms in total. The first-order valence-corrected chi connectivity index (χ1v) is 8.40. The van der Waals surface area contributed by atoms with E-state index in [1.807, 2.05) is 6.20 Å². The molecule has 0 bridgehead atoms. The van der Waals surface area contributed by atoms with Crippen molar-refractivity contribution in [3.05, 3.63) is 29.6 Å². The summed E-state index contributed by atoms with van der Waals surface area (Å²) in [5.41, 5.74) is 2.58. The number of nitrogens with zero attached hydrogens (tertiary/aromatic N) is 1. The van der Waals surface area contributed by atoms with Gasteiger partial charge in [0.05, 0.1) is 0 Å². The maximum absolute atomic E-state index is 4.65. The van der Waals surface area contributed by atoms with Crippen LogP contribution in [0.25, 0.3) is 0 Å². The maximum atomic E-state index is 4.65. The lowest BCUT2D eigenvalue weighted by molar-refractivity contribution is 0.346. The molecule has 0 radical (unpaired) electrons. The lowest BCUT2D eigenvalue weighted by Gasteiger charge is -2.25. The van der Waals surface area contributed by atoms with Crippen molar-refractivity contribution in [2.24, 2.45) is 11.8 Å². The number of aryl methyl sites for hydroxylation is 1. The monoisotopic (exact) mass is 274 g/mol. The Bertz CT molecular complexity index is 385. The first kappa shape index (κ1) is 15.5. The highest BCUT2D eigenvalue weighted by atomic mass is 14.9. The molecule has 1 fully saturated rings. The average molecular weight is 274 g/mol. The van der Waals surface area contributed by atoms with Crippen molar-refractivity contribution in [1.29, 1.82) is 0 Å². The Morgan fingerprint density at radius 2 is 2.15 bits per heavy atom. The number of aromatic nitrogens is 1. The molecule has 1 N–H and O–H groups in total. The van der Waals surface area contributed by atoms with Gasteiger partial charge in [0.25, 0.3) is 0 Å². The predicted octanol–water partition coefficient (Wildman–Crippen LogP) is 3.99. The number of hydrogen-bond acceptors (Lipinski definition) is 2. The minimum Gasteiger partial charge on any atom is -0.313 e. The second-order valence-electron chi connectivity index (χ2n) is 6.45. The molecule has 3 atom stereocenters. The largest absolute Gasteiger partial charge is 0.313 e. The van der Waals surface area contributed by atoms with Crippen LogP contribution >= 0.6 is 0 Å². The molecule has 1 aliphatic rings. The van der Waals surface area contributed by atoms with Crippen LogP contribution in [-0.2, 0) is 12.8 Å². The van der Waals surface area contributed by atoms with Gasteiger partial charge >= 0.3 is 0 Å². The van der Waals surface area contributed by atoms with Crippen molar-refractivity contribution in [3.63, 3.8) is 0 Å². The van der Waals surface area contributed by atoms with E-state index in [0.717, 1.165) is 31.2 Å². The van der Waals surface area contributed by atoms with E-state index >= 15 is 0 Å². The Kier molecular flexibility index (Phi) is 6.03. The summed E-state index contributed by atoms with van der Waals surface area (Å²) in [5.74, 6) is 1.74. The van der Waals surface area contributed by atoms with Crippen LogP contribution < -0.4 is 5.32 Å². The van der Waals surface area contributed by atoms with Gasteiger partial charge in [0, 0.05) is 24.4 Å². The topological polar surface area (TPSA) is 24.9 Å². The Morgan fingerprint density at radius 3 is 2.70 bits per heavy atom. The van der Waals surface area contributed by atoms with Gasteiger partial charge in [-0.25, -0.2) is 0 Å². The molecule has 2 rings (SSSR count). The van der Waals surface area contributed by atoms with Gasteiger partial charge in [0.2, 0.25) is 0 Å². The van der Waals surface area contributed by atoms with Crippen molar-refractivity contribution in [2.45, 2.75) is 65.3 Å². The second-order valence-corrected chi connectivity index (χ2v) is 6.45. The van der Waals surface area contributed by atoms with Crippen molar-refractivity contribution in [1.82, 2.24) is 10.3 Å². The predicted molar refractivity (Wildman–Crippen MR) is 85.9 cm³/mol. The molecular weight excluding hydrogens is 244 g/mol. The van der Waals surface area contributed by atoms with Gasteiger partial charge in [-0.1, -0.05) is 33.3 Å². The zero-order chi connectivity index (χ0) is 14.4. The fourth-order valence-electron chi connectivity index (χ4n) is 3.36. The standard InChI is InChI=1S/C18H30N2/c1-4-10-19-18(16-8-6-14(3)11-16)12-17-9-7-15(5-2)13-20-17/h7,9,13-14,16,18-19H,4-6,8,10-12H2,1-3H3. The molecule has 0 amide bonds. The molecule has 0 aromatic carbocycles. The third-order valence-corrected chi connectivity index (χ3v) is 4.68. The molecule has 1 aliphatic carbocycles. The van der Waals surface area contributed by atoms with Crippen LogP contribution in [0, 0.1) is 11.8 Å². The highest BCUT2D eigenvalue weighted by Crippen LogP contribution is 2.33. The van der Waals surface area contributed by atoms with E-state index in [9.17, 15) is 0 Å². The number of pyridine rings is 1. The number of nitrogens with one attached hydrogen (secondary N) is 1. The van der Waals surface area contributed by atoms with Crippen LogP contribution in [0.15, 0.2) is 18.3 Å². The van der Waals surface area contributed by atoms with Gasteiger partial charge < -0.3 is 5.32 Å². The normalized spacial score (nSPS) is 23.9. The van der Waals surface area contributed by atoms with E-state index in [2.05, 4.69) is 43.2 Å². The minimum atomic E-state index is 0.611. The first-order valence-electron chi connectivity index (χ1n) is 8.40. The summed E-state index contributed by atoms with van der Waals surface area (Å²) in [5, 5.41) is 3.77. The van der Waals surface area contributed by atoms with Crippen LogP contribution in [-0.4, -0.2) is 17.6 Å². The third kappa shape index (κ3) is 4.31. The fraction of sp³-hybridized carbons (Fsp3) is 0.722. The molecule has 0 saturated heterocycles. The summed E-state index contributed by atoms with van der Waals surface area (Å²) < 4.78 is 0. The lowest BCUT2D eigenvalue weighted by atomic mass is 9.92. The van der Waals surface area contributed by atoms with Crippen LogP contribution in [0.5, 0.6) is 0 Å². The maximum Gasteiger partial charge on any atom is 0.0419 e. The molecule has 0 aliphatic heterocycles. The van der Waals surface area contributed by atoms with E-state index in [-0.39, 0.29) is 0 Å². The Balaban J connectivity index is 1.98. The number of rotatable bonds is 7. The molecular formula is C18H30N2. The van der Waals surface area contributed by atoms with Crippen molar-refractivity contribution < 1.29 is 0 Å². The van der Waals surface area contributed by atoms with Gasteiger partial charge in [-0.05, 0) is 55.7 Å². The SMILES string of the molecule is CCCNC(Cc1ccc(CC)cn1)C1CCC(C)C1. The molecule has 3 unspecified atom stereocenters. The summed E-state index contributed by atoms with van der Waals surface area (Å²) in [6.07, 6.45) is 9.58. The van der Waals surface area contributed by atoms with Gasteiger partial charge in [-0.2, -0.15) is 0 Å². The Morgan fingerprint density at radius 1 is 1.30 bits per heavy atom. The Hall–Kier alpha value is -0.890. The second kappa shape index (κ2) is 7.78. The van der Waals surface area contributed by atoms with E-state index < -0.39 is 0 Å². The molecule has 2 heteroatoms. The van der Waals surface area contributed by atoms with Crippen molar-refractivity contribution >= 4 is 0 Å². The zero-order valence-corrected chi connectivity index (χ0v) is 13.4. The van der Waals surface area contributed by atoms with Crippen molar-refractivity contribution in [2.75, 3.05) is 6.54 Å². The van der Waals surface area contributed by atoms with E-state index in [4.69, 9.17) is 0 Å². The van der Waals surface area contributed by atoms with Gasteiger partial charge in [-0.15, -0.1) is 0 Å². The van der Waals surface area contributed by atoms with Crippen LogP contribution in [0.4, 0.5) is 0 Å². The van der Waals surface area contributed by atoms with Crippen LogP contribution in [0.3, 0.4) is 0 Å². The minimum absolute atomic E-state index is 0.611. The zero-order valence-electron chi connectivity index (χ0n) is 13.4. The van der Waals surface area contributed by atoms with Crippen molar-refractivity contribution in [3.8, 4) is 0 Å². The first-order chi connectivity index (χ1) is 9.72. The molecule has 1 saturated carbocycles. The summed E-state index contributed by atoms with van der Waals surface area (Å²) in [6.45, 7) is 7.95. The average Bonchev–Trinajstić information content (AvgIpc) is 2.90. The molecule has 0 spiro atoms. The summed E-state index contributed by atoms with van der Waals surface area (Å²) >= 11 is 0. The summed E-state index contributed by atoms with van der Waals surface area (Å²) in [7, 11) is 0. The van der Waals surface area contributed by atoms with E-state index in [1.165, 1.54) is 36.9 Å². The smallest absolute Gasteiger partial charge is 0.0419 e. The highest BCUT2D eigenvalue weighted by Gasteiger charge is 2.28. The van der Waals surface area contributed by atoms with Crippen LogP contribution in [0.1, 0.15) is 57.7 Å². The molecule has 1 aromatic rings. The summed E-state index contributed by atoms with van der Waals surface area (Å²) in [6, 6.07) is 5.06. The van der Waals surface area contributed by atoms with Crippen LogP contribution in [0.2, 0.25) is 0 Å². The van der Waals surface area contributed by atoms with Gasteiger partial charge in [0.1, 0.15) is 0 Å². The Labute approximate surface area is 124 Å². The molecule has 20 heavy (non-hydrogen) atoms. The number of hydrogen-bond donors (Lipinski definition) is 1. The van der Waals surface area contributed by atoms with Gasteiger partial charge in [0.15, 0.2) is 0 Å². The van der Waals surface area contributed by atoms with E-state index in [0.29, 0.717) is 6.04 Å². The van der Waals surface area contributed by atoms with Gasteiger partial charge in [-0.3, -0.25) is 4.98 Å². The van der Waals surface area contributed by atoms with E-state index in [1.54, 1.807) is 0 Å². The third-order valence-electron chi connectivity index (χ3n) is 4.68. The molecule has 1 heterocycles. The lowest BCUT2D eigenvalue weighted by Crippen LogP contribution is -2.38. The quantitative estimate of drug-likeness (QED) is 0.813. The highest BCUT2D eigenvalue weighted by molar-refractivity contribution is 5.15. The fourth-order valence-corrected chi connectivity index (χ4v) is 3.36. The molecule has 1 aromatic heterocycles.